The summed E-state index contributed by atoms with van der Waals surface area (Å²) in [6.07, 6.45) is 0.549. The molecule has 0 spiro atoms. The monoisotopic (exact) mass is 430 g/mol. The second kappa shape index (κ2) is 11.5. The smallest absolute Gasteiger partial charge is 0.260 e. The van der Waals surface area contributed by atoms with Crippen molar-refractivity contribution in [2.75, 3.05) is 65.5 Å². The van der Waals surface area contributed by atoms with Crippen LogP contribution in [0.2, 0.25) is 5.02 Å². The lowest BCUT2D eigenvalue weighted by molar-refractivity contribution is -0.136. The van der Waals surface area contributed by atoms with Crippen LogP contribution in [0.25, 0.3) is 0 Å². The molecule has 1 N–H and O–H groups in total. The maximum atomic E-state index is 12.3. The molecule has 28 heavy (non-hydrogen) atoms. The number of halogens is 2. The third-order valence-electron chi connectivity index (χ3n) is 5.01. The minimum atomic E-state index is -0.0125. The van der Waals surface area contributed by atoms with Crippen LogP contribution in [0, 0.1) is 0 Å². The second-order valence-corrected chi connectivity index (χ2v) is 7.28. The summed E-state index contributed by atoms with van der Waals surface area (Å²) in [5.74, 6) is 0.852. The van der Waals surface area contributed by atoms with Gasteiger partial charge in [0, 0.05) is 70.3 Å². The molecule has 2 heterocycles. The molecule has 2 fully saturated rings. The third-order valence-corrected chi connectivity index (χ3v) is 5.26. The lowest BCUT2D eigenvalue weighted by Gasteiger charge is -2.35. The maximum absolute atomic E-state index is 12.3. The molecule has 0 radical (unpaired) electrons. The molecule has 3 rings (SSSR count). The molecule has 9 heteroatoms. The van der Waals surface area contributed by atoms with Gasteiger partial charge in [0.2, 0.25) is 5.91 Å². The van der Waals surface area contributed by atoms with Gasteiger partial charge in [-0.1, -0.05) is 11.6 Å². The average molecular weight is 431 g/mol. The lowest BCUT2D eigenvalue weighted by Crippen LogP contribution is -2.51. The number of hydrogen-bond donors (Lipinski definition) is 1. The number of ether oxygens (including phenoxy) is 1. The maximum Gasteiger partial charge on any atom is 0.260 e. The van der Waals surface area contributed by atoms with E-state index >= 15 is 0 Å². The van der Waals surface area contributed by atoms with Gasteiger partial charge in [-0.2, -0.15) is 0 Å². The van der Waals surface area contributed by atoms with Crippen molar-refractivity contribution in [2.24, 2.45) is 0 Å². The number of benzene rings is 1. The Bertz CT molecular complexity index is 631. The van der Waals surface area contributed by atoms with Gasteiger partial charge in [-0.15, -0.1) is 12.4 Å². The zero-order valence-electron chi connectivity index (χ0n) is 15.9. The number of nitrogens with zero attached hydrogens (tertiary/aromatic N) is 3. The van der Waals surface area contributed by atoms with E-state index in [0.717, 1.165) is 45.8 Å². The van der Waals surface area contributed by atoms with Crippen LogP contribution >= 0.6 is 24.0 Å². The highest BCUT2D eigenvalue weighted by atomic mass is 35.5. The molecular formula is C19H28Cl2N4O3. The topological polar surface area (TPSA) is 65.1 Å². The molecule has 0 aliphatic carbocycles. The molecule has 0 aromatic heterocycles. The number of hydrogen-bond acceptors (Lipinski definition) is 5. The normalized spacial score (nSPS) is 17.8. The van der Waals surface area contributed by atoms with E-state index in [1.54, 1.807) is 24.3 Å². The second-order valence-electron chi connectivity index (χ2n) is 6.85. The summed E-state index contributed by atoms with van der Waals surface area (Å²) in [6, 6.07) is 6.98. The summed E-state index contributed by atoms with van der Waals surface area (Å²) < 4.78 is 5.53. The molecule has 0 unspecified atom stereocenters. The van der Waals surface area contributed by atoms with Crippen molar-refractivity contribution in [1.82, 2.24) is 20.0 Å². The predicted octanol–water partition coefficient (Wildman–Crippen LogP) is 1.11. The highest BCUT2D eigenvalue weighted by Gasteiger charge is 2.23. The van der Waals surface area contributed by atoms with Crippen LogP contribution in [0.1, 0.15) is 6.42 Å². The van der Waals surface area contributed by atoms with Gasteiger partial charge in [0.05, 0.1) is 0 Å². The summed E-state index contributed by atoms with van der Waals surface area (Å²) in [7, 11) is 0. The highest BCUT2D eigenvalue weighted by molar-refractivity contribution is 6.30. The van der Waals surface area contributed by atoms with Gasteiger partial charge in [0.1, 0.15) is 5.75 Å². The Hall–Kier alpha value is -1.54. The standard InChI is InChI=1S/C19H27ClN4O3.ClH/c20-16-1-3-17(4-2-16)27-15-19(26)24-13-11-22(12-14-24)8-5-18(25)23-9-6-21-7-10-23;/h1-4,21H,5-15H2;1H. The molecule has 0 saturated carbocycles. The molecular weight excluding hydrogens is 403 g/mol. The average Bonchev–Trinajstić information content (AvgIpc) is 2.72. The Kier molecular flexibility index (Phi) is 9.31. The number of piperazine rings is 2. The van der Waals surface area contributed by atoms with Gasteiger partial charge in [-0.25, -0.2) is 0 Å². The summed E-state index contributed by atoms with van der Waals surface area (Å²) in [6.45, 7) is 7.08. The molecule has 2 amide bonds. The molecule has 1 aromatic carbocycles. The van der Waals surface area contributed by atoms with Gasteiger partial charge in [-0.3, -0.25) is 14.5 Å². The largest absolute Gasteiger partial charge is 0.484 e. The quantitative estimate of drug-likeness (QED) is 0.731. The number of nitrogens with one attached hydrogen (secondary N) is 1. The molecule has 0 atom stereocenters. The van der Waals surface area contributed by atoms with Crippen molar-refractivity contribution >= 4 is 35.8 Å². The van der Waals surface area contributed by atoms with E-state index in [4.69, 9.17) is 16.3 Å². The zero-order chi connectivity index (χ0) is 19.1. The summed E-state index contributed by atoms with van der Waals surface area (Å²) >= 11 is 5.84. The highest BCUT2D eigenvalue weighted by Crippen LogP contribution is 2.15. The van der Waals surface area contributed by atoms with E-state index in [1.807, 2.05) is 9.80 Å². The molecule has 7 nitrogen and oxygen atoms in total. The molecule has 2 aliphatic rings. The number of amides is 2. The molecule has 2 aliphatic heterocycles. The predicted molar refractivity (Wildman–Crippen MR) is 111 cm³/mol. The molecule has 2 saturated heterocycles. The van der Waals surface area contributed by atoms with Gasteiger partial charge >= 0.3 is 0 Å². The van der Waals surface area contributed by atoms with E-state index in [1.165, 1.54) is 0 Å². The first-order valence-corrected chi connectivity index (χ1v) is 9.86. The first-order valence-electron chi connectivity index (χ1n) is 9.49. The zero-order valence-corrected chi connectivity index (χ0v) is 17.5. The van der Waals surface area contributed by atoms with Crippen LogP contribution in [0.4, 0.5) is 0 Å². The van der Waals surface area contributed by atoms with Crippen LogP contribution in [0.15, 0.2) is 24.3 Å². The Morgan fingerprint density at radius 1 is 0.929 bits per heavy atom. The summed E-state index contributed by atoms with van der Waals surface area (Å²) in [5, 5.41) is 3.89. The molecule has 0 bridgehead atoms. The van der Waals surface area contributed by atoms with E-state index in [-0.39, 0.29) is 30.8 Å². The minimum Gasteiger partial charge on any atom is -0.484 e. The number of rotatable bonds is 6. The van der Waals surface area contributed by atoms with Gasteiger partial charge in [-0.05, 0) is 24.3 Å². The van der Waals surface area contributed by atoms with Crippen molar-refractivity contribution in [2.45, 2.75) is 6.42 Å². The number of carbonyl (C=O) groups excluding carboxylic acids is 2. The van der Waals surface area contributed by atoms with E-state index < -0.39 is 0 Å². The fourth-order valence-electron chi connectivity index (χ4n) is 3.31. The third kappa shape index (κ3) is 6.81. The molecule has 156 valence electrons. The Balaban J connectivity index is 0.00000280. The minimum absolute atomic E-state index is 0. The van der Waals surface area contributed by atoms with E-state index in [2.05, 4.69) is 10.2 Å². The fraction of sp³-hybridized carbons (Fsp3) is 0.579. The summed E-state index contributed by atoms with van der Waals surface area (Å²) in [5.41, 5.74) is 0. The van der Waals surface area contributed by atoms with Crippen molar-refractivity contribution in [3.05, 3.63) is 29.3 Å². The summed E-state index contributed by atoms with van der Waals surface area (Å²) in [4.78, 5) is 30.6. The fourth-order valence-corrected chi connectivity index (χ4v) is 3.44. The van der Waals surface area contributed by atoms with E-state index in [0.29, 0.717) is 30.3 Å². The van der Waals surface area contributed by atoms with Crippen LogP contribution < -0.4 is 10.1 Å². The first-order chi connectivity index (χ1) is 13.1. The lowest BCUT2D eigenvalue weighted by atomic mass is 10.2. The van der Waals surface area contributed by atoms with Crippen molar-refractivity contribution in [3.63, 3.8) is 0 Å². The van der Waals surface area contributed by atoms with Crippen molar-refractivity contribution in [1.29, 1.82) is 0 Å². The van der Waals surface area contributed by atoms with Gasteiger partial charge in [0.15, 0.2) is 6.61 Å². The first kappa shape index (κ1) is 22.7. The van der Waals surface area contributed by atoms with Gasteiger partial charge in [0.25, 0.3) is 5.91 Å². The van der Waals surface area contributed by atoms with Crippen LogP contribution in [-0.4, -0.2) is 92.0 Å². The van der Waals surface area contributed by atoms with Crippen LogP contribution in [0.3, 0.4) is 0 Å². The Morgan fingerprint density at radius 3 is 2.18 bits per heavy atom. The van der Waals surface area contributed by atoms with Crippen LogP contribution in [0.5, 0.6) is 5.75 Å². The van der Waals surface area contributed by atoms with Gasteiger partial charge < -0.3 is 19.9 Å². The number of carbonyl (C=O) groups is 2. The van der Waals surface area contributed by atoms with Crippen molar-refractivity contribution < 1.29 is 14.3 Å². The van der Waals surface area contributed by atoms with E-state index in [9.17, 15) is 9.59 Å². The van der Waals surface area contributed by atoms with Crippen LogP contribution in [-0.2, 0) is 9.59 Å². The van der Waals surface area contributed by atoms with Crippen molar-refractivity contribution in [3.8, 4) is 5.75 Å². The Labute approximate surface area is 177 Å². The molecule has 1 aromatic rings. The SMILES string of the molecule is Cl.O=C(CCN1CCN(C(=O)COc2ccc(Cl)cc2)CC1)N1CCNCC1. The Morgan fingerprint density at radius 2 is 1.54 bits per heavy atom.